The first kappa shape index (κ1) is 14.4. The lowest BCUT2D eigenvalue weighted by atomic mass is 10.1. The van der Waals surface area contributed by atoms with E-state index in [1.807, 2.05) is 12.1 Å². The molecule has 106 valence electrons. The Kier molecular flexibility index (Phi) is 4.83. The minimum absolute atomic E-state index is 0.0148. The second kappa shape index (κ2) is 6.40. The van der Waals surface area contributed by atoms with Gasteiger partial charge in [0.15, 0.2) is 0 Å². The number of hydrogen-bond donors (Lipinski definition) is 1. The van der Waals surface area contributed by atoms with Crippen LogP contribution in [-0.2, 0) is 11.3 Å². The minimum Gasteiger partial charge on any atom is -0.491 e. The van der Waals surface area contributed by atoms with E-state index < -0.39 is 0 Å². The quantitative estimate of drug-likeness (QED) is 0.855. The van der Waals surface area contributed by atoms with Crippen molar-refractivity contribution in [1.82, 2.24) is 5.32 Å². The fourth-order valence-electron chi connectivity index (χ4n) is 2.40. The van der Waals surface area contributed by atoms with Crippen molar-refractivity contribution in [2.45, 2.75) is 51.9 Å². The summed E-state index contributed by atoms with van der Waals surface area (Å²) in [6.07, 6.45) is 2.43. The van der Waals surface area contributed by atoms with Crippen LogP contribution in [0.5, 0.6) is 5.75 Å². The number of nitrogens with one attached hydrogen (secondary N) is 1. The molecule has 1 heterocycles. The molecule has 0 radical (unpaired) electrons. The molecule has 1 unspecified atom stereocenters. The third-order valence-electron chi connectivity index (χ3n) is 3.47. The van der Waals surface area contributed by atoms with Gasteiger partial charge < -0.3 is 14.8 Å². The zero-order valence-corrected chi connectivity index (χ0v) is 12.2. The molecule has 1 aliphatic rings. The molecule has 2 rings (SSSR count). The highest BCUT2D eigenvalue weighted by Crippen LogP contribution is 2.29. The van der Waals surface area contributed by atoms with E-state index in [0.717, 1.165) is 31.7 Å². The van der Waals surface area contributed by atoms with Crippen LogP contribution in [-0.4, -0.2) is 24.9 Å². The molecule has 0 aliphatic carbocycles. The van der Waals surface area contributed by atoms with Crippen molar-refractivity contribution in [2.75, 3.05) is 13.2 Å². The Hall–Kier alpha value is -1.06. The standard InChI is InChI=1S/C16H25NO2/c1-4-17-11-13-6-5-7-14(10-13)18-12-15-8-9-16(2,3)19-15/h5-7,10,15,17H,4,8-9,11-12H2,1-3H3. The van der Waals surface area contributed by atoms with Gasteiger partial charge >= 0.3 is 0 Å². The first-order chi connectivity index (χ1) is 9.09. The van der Waals surface area contributed by atoms with Gasteiger partial charge in [-0.2, -0.15) is 0 Å². The molecule has 0 bridgehead atoms. The summed E-state index contributed by atoms with van der Waals surface area (Å²) in [5, 5.41) is 3.32. The van der Waals surface area contributed by atoms with Crippen LogP contribution in [0.2, 0.25) is 0 Å². The van der Waals surface area contributed by atoms with Crippen LogP contribution < -0.4 is 10.1 Å². The van der Waals surface area contributed by atoms with Crippen LogP contribution in [0.1, 0.15) is 39.2 Å². The van der Waals surface area contributed by atoms with Gasteiger partial charge in [-0.3, -0.25) is 0 Å². The fourth-order valence-corrected chi connectivity index (χ4v) is 2.40. The van der Waals surface area contributed by atoms with Gasteiger partial charge in [0.2, 0.25) is 0 Å². The van der Waals surface area contributed by atoms with E-state index in [2.05, 4.69) is 38.2 Å². The Bertz CT molecular complexity index is 403. The fraction of sp³-hybridized carbons (Fsp3) is 0.625. The lowest BCUT2D eigenvalue weighted by Crippen LogP contribution is -2.23. The van der Waals surface area contributed by atoms with Crippen molar-refractivity contribution in [3.8, 4) is 5.75 Å². The largest absolute Gasteiger partial charge is 0.491 e. The maximum absolute atomic E-state index is 5.93. The number of ether oxygens (including phenoxy) is 2. The third kappa shape index (κ3) is 4.51. The third-order valence-corrected chi connectivity index (χ3v) is 3.47. The molecule has 1 fully saturated rings. The van der Waals surface area contributed by atoms with Gasteiger partial charge in [-0.25, -0.2) is 0 Å². The van der Waals surface area contributed by atoms with Gasteiger partial charge in [0.1, 0.15) is 12.4 Å². The summed E-state index contributed by atoms with van der Waals surface area (Å²) in [6, 6.07) is 8.27. The summed E-state index contributed by atoms with van der Waals surface area (Å²) in [5.41, 5.74) is 1.27. The number of hydrogen-bond acceptors (Lipinski definition) is 3. The Morgan fingerprint density at radius 3 is 2.95 bits per heavy atom. The molecule has 1 aromatic rings. The Balaban J connectivity index is 1.82. The second-order valence-corrected chi connectivity index (χ2v) is 5.78. The van der Waals surface area contributed by atoms with E-state index in [1.165, 1.54) is 5.56 Å². The summed E-state index contributed by atoms with van der Waals surface area (Å²) in [7, 11) is 0. The van der Waals surface area contributed by atoms with E-state index in [9.17, 15) is 0 Å². The lowest BCUT2D eigenvalue weighted by molar-refractivity contribution is -0.0326. The predicted octanol–water partition coefficient (Wildman–Crippen LogP) is 3.13. The summed E-state index contributed by atoms with van der Waals surface area (Å²) in [6.45, 7) is 8.92. The van der Waals surface area contributed by atoms with Gasteiger partial charge in [-0.1, -0.05) is 19.1 Å². The van der Waals surface area contributed by atoms with E-state index in [0.29, 0.717) is 6.61 Å². The van der Waals surface area contributed by atoms with Crippen LogP contribution in [0.15, 0.2) is 24.3 Å². The van der Waals surface area contributed by atoms with Crippen LogP contribution in [0, 0.1) is 0 Å². The molecule has 3 heteroatoms. The molecule has 1 atom stereocenters. The van der Waals surface area contributed by atoms with Crippen LogP contribution in [0.4, 0.5) is 0 Å². The smallest absolute Gasteiger partial charge is 0.119 e. The molecule has 0 saturated carbocycles. The van der Waals surface area contributed by atoms with Gasteiger partial charge in [-0.15, -0.1) is 0 Å². The zero-order chi connectivity index (χ0) is 13.7. The molecular weight excluding hydrogens is 238 g/mol. The highest BCUT2D eigenvalue weighted by atomic mass is 16.6. The van der Waals surface area contributed by atoms with Gasteiger partial charge in [-0.05, 0) is 50.9 Å². The van der Waals surface area contributed by atoms with Gasteiger partial charge in [0.05, 0.1) is 11.7 Å². The van der Waals surface area contributed by atoms with Crippen molar-refractivity contribution < 1.29 is 9.47 Å². The van der Waals surface area contributed by atoms with Crippen molar-refractivity contribution >= 4 is 0 Å². The molecule has 0 amide bonds. The van der Waals surface area contributed by atoms with Crippen molar-refractivity contribution in [3.05, 3.63) is 29.8 Å². The molecule has 3 nitrogen and oxygen atoms in total. The van der Waals surface area contributed by atoms with E-state index >= 15 is 0 Å². The molecule has 1 saturated heterocycles. The summed E-state index contributed by atoms with van der Waals surface area (Å²) >= 11 is 0. The van der Waals surface area contributed by atoms with E-state index in [1.54, 1.807) is 0 Å². The molecule has 1 aliphatic heterocycles. The lowest BCUT2D eigenvalue weighted by Gasteiger charge is -2.19. The normalized spacial score (nSPS) is 21.5. The van der Waals surface area contributed by atoms with Crippen LogP contribution in [0.25, 0.3) is 0 Å². The van der Waals surface area contributed by atoms with E-state index in [4.69, 9.17) is 9.47 Å². The Labute approximate surface area is 116 Å². The maximum atomic E-state index is 5.93. The van der Waals surface area contributed by atoms with Crippen LogP contribution in [0.3, 0.4) is 0 Å². The van der Waals surface area contributed by atoms with Crippen molar-refractivity contribution in [1.29, 1.82) is 0 Å². The molecule has 1 N–H and O–H groups in total. The molecule has 0 spiro atoms. The number of rotatable bonds is 6. The molecule has 1 aromatic carbocycles. The predicted molar refractivity (Wildman–Crippen MR) is 77.5 cm³/mol. The highest BCUT2D eigenvalue weighted by Gasteiger charge is 2.31. The summed E-state index contributed by atoms with van der Waals surface area (Å²) in [4.78, 5) is 0. The summed E-state index contributed by atoms with van der Waals surface area (Å²) in [5.74, 6) is 0.934. The molecule has 0 aromatic heterocycles. The Morgan fingerprint density at radius 2 is 2.26 bits per heavy atom. The van der Waals surface area contributed by atoms with Gasteiger partial charge in [0, 0.05) is 6.54 Å². The average molecular weight is 263 g/mol. The second-order valence-electron chi connectivity index (χ2n) is 5.78. The first-order valence-corrected chi connectivity index (χ1v) is 7.19. The number of benzene rings is 1. The maximum Gasteiger partial charge on any atom is 0.119 e. The first-order valence-electron chi connectivity index (χ1n) is 7.19. The van der Waals surface area contributed by atoms with Gasteiger partial charge in [0.25, 0.3) is 0 Å². The highest BCUT2D eigenvalue weighted by molar-refractivity contribution is 5.28. The SMILES string of the molecule is CCNCc1cccc(OCC2CCC(C)(C)O2)c1. The molecular formula is C16H25NO2. The van der Waals surface area contributed by atoms with E-state index in [-0.39, 0.29) is 11.7 Å². The monoisotopic (exact) mass is 263 g/mol. The average Bonchev–Trinajstić information content (AvgIpc) is 2.74. The Morgan fingerprint density at radius 1 is 1.42 bits per heavy atom. The van der Waals surface area contributed by atoms with Crippen molar-refractivity contribution in [3.63, 3.8) is 0 Å². The van der Waals surface area contributed by atoms with Crippen molar-refractivity contribution in [2.24, 2.45) is 0 Å². The topological polar surface area (TPSA) is 30.5 Å². The van der Waals surface area contributed by atoms with Crippen LogP contribution >= 0.6 is 0 Å². The minimum atomic E-state index is 0.0148. The summed E-state index contributed by atoms with van der Waals surface area (Å²) < 4.78 is 11.8. The molecule has 19 heavy (non-hydrogen) atoms. The zero-order valence-electron chi connectivity index (χ0n) is 12.2.